The number of nitrogen functional groups attached to an aromatic ring is 2. The SMILES string of the molecule is CCc1cc(OC)c(N)cc1O.COc1cc(C)c(O)cc1N. The molecule has 0 aromatic heterocycles. The summed E-state index contributed by atoms with van der Waals surface area (Å²) in [5, 5.41) is 18.6. The number of rotatable bonds is 3. The lowest BCUT2D eigenvalue weighted by Crippen LogP contribution is -1.94. The molecule has 0 saturated carbocycles. The van der Waals surface area contributed by atoms with Gasteiger partial charge in [0.15, 0.2) is 0 Å². The lowest BCUT2D eigenvalue weighted by Gasteiger charge is -2.07. The van der Waals surface area contributed by atoms with E-state index in [4.69, 9.17) is 20.9 Å². The van der Waals surface area contributed by atoms with Crippen molar-refractivity contribution in [1.82, 2.24) is 0 Å². The fourth-order valence-corrected chi connectivity index (χ4v) is 1.95. The summed E-state index contributed by atoms with van der Waals surface area (Å²) < 4.78 is 9.95. The Morgan fingerprint density at radius 3 is 1.83 bits per heavy atom. The second-order valence-electron chi connectivity index (χ2n) is 4.96. The molecule has 0 aliphatic heterocycles. The number of ether oxygens (including phenoxy) is 2. The van der Waals surface area contributed by atoms with E-state index < -0.39 is 0 Å². The monoisotopic (exact) mass is 320 g/mol. The molecule has 0 atom stereocenters. The van der Waals surface area contributed by atoms with Gasteiger partial charge in [0.1, 0.15) is 23.0 Å². The Bertz CT molecular complexity index is 647. The molecule has 0 saturated heterocycles. The Kier molecular flexibility index (Phi) is 6.38. The number of aromatic hydroxyl groups is 2. The molecule has 0 heterocycles. The average Bonchev–Trinajstić information content (AvgIpc) is 2.52. The largest absolute Gasteiger partial charge is 0.508 e. The predicted molar refractivity (Wildman–Crippen MR) is 92.3 cm³/mol. The Hall–Kier alpha value is -2.76. The van der Waals surface area contributed by atoms with Crippen LogP contribution in [0, 0.1) is 6.92 Å². The summed E-state index contributed by atoms with van der Waals surface area (Å²) in [5.41, 5.74) is 13.6. The zero-order valence-electron chi connectivity index (χ0n) is 13.9. The van der Waals surface area contributed by atoms with Crippen LogP contribution < -0.4 is 20.9 Å². The molecule has 2 rings (SSSR count). The molecular weight excluding hydrogens is 296 g/mol. The maximum Gasteiger partial charge on any atom is 0.142 e. The number of phenolic OH excluding ortho intramolecular Hbond substituents is 2. The summed E-state index contributed by atoms with van der Waals surface area (Å²) in [6.07, 6.45) is 0.766. The molecule has 6 heteroatoms. The quantitative estimate of drug-likeness (QED) is 0.647. The molecule has 0 spiro atoms. The van der Waals surface area contributed by atoms with Crippen molar-refractivity contribution in [2.75, 3.05) is 25.7 Å². The van der Waals surface area contributed by atoms with Gasteiger partial charge in [-0.05, 0) is 36.6 Å². The molecule has 0 bridgehead atoms. The van der Waals surface area contributed by atoms with Crippen LogP contribution in [0.1, 0.15) is 18.1 Å². The number of nitrogens with two attached hydrogens (primary N) is 2. The number of aryl methyl sites for hydroxylation is 2. The lowest BCUT2D eigenvalue weighted by molar-refractivity contribution is 0.413. The molecule has 0 radical (unpaired) electrons. The second-order valence-corrected chi connectivity index (χ2v) is 4.96. The predicted octanol–water partition coefficient (Wildman–Crippen LogP) is 2.84. The van der Waals surface area contributed by atoms with Gasteiger partial charge in [-0.2, -0.15) is 0 Å². The molecule has 0 fully saturated rings. The molecule has 0 unspecified atom stereocenters. The van der Waals surface area contributed by atoms with E-state index in [-0.39, 0.29) is 11.5 Å². The van der Waals surface area contributed by atoms with Gasteiger partial charge in [-0.1, -0.05) is 6.92 Å². The first-order valence-corrected chi connectivity index (χ1v) is 7.12. The number of hydrogen-bond acceptors (Lipinski definition) is 6. The first kappa shape index (κ1) is 18.3. The Morgan fingerprint density at radius 2 is 1.35 bits per heavy atom. The van der Waals surface area contributed by atoms with Crippen molar-refractivity contribution in [3.8, 4) is 23.0 Å². The molecule has 23 heavy (non-hydrogen) atoms. The highest BCUT2D eigenvalue weighted by Gasteiger charge is 2.05. The number of phenols is 2. The van der Waals surface area contributed by atoms with Crippen molar-refractivity contribution in [3.05, 3.63) is 35.4 Å². The third-order valence-corrected chi connectivity index (χ3v) is 3.36. The molecule has 0 amide bonds. The van der Waals surface area contributed by atoms with Gasteiger partial charge in [0.05, 0.1) is 25.6 Å². The molecule has 6 N–H and O–H groups in total. The molecule has 0 aliphatic carbocycles. The molecule has 2 aromatic rings. The van der Waals surface area contributed by atoms with Crippen molar-refractivity contribution < 1.29 is 19.7 Å². The van der Waals surface area contributed by atoms with Crippen LogP contribution in [-0.2, 0) is 6.42 Å². The number of benzene rings is 2. The van der Waals surface area contributed by atoms with E-state index in [0.717, 1.165) is 17.5 Å². The third kappa shape index (κ3) is 4.60. The van der Waals surface area contributed by atoms with Crippen LogP contribution in [0.25, 0.3) is 0 Å². The summed E-state index contributed by atoms with van der Waals surface area (Å²) >= 11 is 0. The molecule has 0 aliphatic rings. The maximum atomic E-state index is 9.38. The van der Waals surface area contributed by atoms with Gasteiger partial charge in [0.2, 0.25) is 0 Å². The third-order valence-electron chi connectivity index (χ3n) is 3.36. The van der Waals surface area contributed by atoms with E-state index in [0.29, 0.717) is 22.9 Å². The smallest absolute Gasteiger partial charge is 0.142 e. The van der Waals surface area contributed by atoms with Crippen molar-refractivity contribution in [1.29, 1.82) is 0 Å². The van der Waals surface area contributed by atoms with Crippen LogP contribution in [0.2, 0.25) is 0 Å². The Balaban J connectivity index is 0.000000231. The Morgan fingerprint density at radius 1 is 0.870 bits per heavy atom. The fraction of sp³-hybridized carbons (Fsp3) is 0.294. The topological polar surface area (TPSA) is 111 Å². The number of hydrogen-bond donors (Lipinski definition) is 4. The van der Waals surface area contributed by atoms with Crippen molar-refractivity contribution in [3.63, 3.8) is 0 Å². The number of methoxy groups -OCH3 is 2. The Labute approximate surface area is 136 Å². The minimum Gasteiger partial charge on any atom is -0.508 e. The summed E-state index contributed by atoms with van der Waals surface area (Å²) in [5.74, 6) is 1.64. The van der Waals surface area contributed by atoms with Gasteiger partial charge in [0.25, 0.3) is 0 Å². The normalized spacial score (nSPS) is 9.74. The molecule has 2 aromatic carbocycles. The average molecular weight is 320 g/mol. The summed E-state index contributed by atoms with van der Waals surface area (Å²) in [7, 11) is 3.10. The van der Waals surface area contributed by atoms with Gasteiger partial charge in [-0.25, -0.2) is 0 Å². The van der Waals surface area contributed by atoms with Crippen LogP contribution in [0.3, 0.4) is 0 Å². The zero-order chi connectivity index (χ0) is 17.6. The minimum absolute atomic E-state index is 0.198. The first-order valence-electron chi connectivity index (χ1n) is 7.12. The van der Waals surface area contributed by atoms with Crippen LogP contribution >= 0.6 is 0 Å². The zero-order valence-corrected chi connectivity index (χ0v) is 13.9. The fourth-order valence-electron chi connectivity index (χ4n) is 1.95. The molecular formula is C17H24N2O4. The van der Waals surface area contributed by atoms with E-state index in [1.807, 2.05) is 6.92 Å². The van der Waals surface area contributed by atoms with Gasteiger partial charge in [-0.3, -0.25) is 0 Å². The van der Waals surface area contributed by atoms with Gasteiger partial charge in [0, 0.05) is 12.1 Å². The van der Waals surface area contributed by atoms with Gasteiger partial charge in [-0.15, -0.1) is 0 Å². The van der Waals surface area contributed by atoms with Crippen molar-refractivity contribution in [2.24, 2.45) is 0 Å². The molecule has 126 valence electrons. The highest BCUT2D eigenvalue weighted by molar-refractivity contribution is 5.59. The minimum atomic E-state index is 0.198. The van der Waals surface area contributed by atoms with Crippen molar-refractivity contribution in [2.45, 2.75) is 20.3 Å². The molecule has 6 nitrogen and oxygen atoms in total. The number of anilines is 2. The summed E-state index contributed by atoms with van der Waals surface area (Å²) in [6.45, 7) is 3.75. The second kappa shape index (κ2) is 8.03. The van der Waals surface area contributed by atoms with Gasteiger partial charge >= 0.3 is 0 Å². The first-order chi connectivity index (χ1) is 10.8. The van der Waals surface area contributed by atoms with E-state index in [2.05, 4.69) is 0 Å². The lowest BCUT2D eigenvalue weighted by atomic mass is 10.1. The maximum absolute atomic E-state index is 9.38. The van der Waals surface area contributed by atoms with Crippen LogP contribution in [-0.4, -0.2) is 24.4 Å². The van der Waals surface area contributed by atoms with Crippen LogP contribution in [0.5, 0.6) is 23.0 Å². The highest BCUT2D eigenvalue weighted by Crippen LogP contribution is 2.30. The van der Waals surface area contributed by atoms with E-state index in [1.54, 1.807) is 33.3 Å². The van der Waals surface area contributed by atoms with Gasteiger partial charge < -0.3 is 31.2 Å². The summed E-state index contributed by atoms with van der Waals surface area (Å²) in [6, 6.07) is 6.45. The van der Waals surface area contributed by atoms with Crippen LogP contribution in [0.4, 0.5) is 11.4 Å². The summed E-state index contributed by atoms with van der Waals surface area (Å²) in [4.78, 5) is 0. The van der Waals surface area contributed by atoms with E-state index in [1.165, 1.54) is 12.1 Å². The van der Waals surface area contributed by atoms with Crippen LogP contribution in [0.15, 0.2) is 24.3 Å². The van der Waals surface area contributed by atoms with E-state index >= 15 is 0 Å². The highest BCUT2D eigenvalue weighted by atomic mass is 16.5. The standard InChI is InChI=1S/C9H13NO2.C8H11NO2/c1-3-6-4-9(12-2)7(10)5-8(6)11;1-5-3-8(11-2)6(9)4-7(5)10/h4-5,11H,3,10H2,1-2H3;3-4,10H,9H2,1-2H3. The van der Waals surface area contributed by atoms with E-state index in [9.17, 15) is 10.2 Å². The van der Waals surface area contributed by atoms with Crippen molar-refractivity contribution >= 4 is 11.4 Å².